The summed E-state index contributed by atoms with van der Waals surface area (Å²) < 4.78 is 24.3. The summed E-state index contributed by atoms with van der Waals surface area (Å²) in [7, 11) is 0.222. The van der Waals surface area contributed by atoms with Gasteiger partial charge >= 0.3 is 0 Å². The van der Waals surface area contributed by atoms with Crippen LogP contribution < -0.4 is 0 Å². The van der Waals surface area contributed by atoms with E-state index in [-0.39, 0.29) is 0 Å². The number of sulfonamides is 1. The van der Waals surface area contributed by atoms with Gasteiger partial charge in [-0.25, -0.2) is 12.7 Å². The zero-order valence-electron chi connectivity index (χ0n) is 11.8. The van der Waals surface area contributed by atoms with Crippen LogP contribution in [0.3, 0.4) is 0 Å². The summed E-state index contributed by atoms with van der Waals surface area (Å²) in [4.78, 5) is 0. The lowest BCUT2D eigenvalue weighted by molar-refractivity contribution is 0.514. The second-order valence-corrected chi connectivity index (χ2v) is 8.06. The van der Waals surface area contributed by atoms with Gasteiger partial charge in [-0.15, -0.1) is 0 Å². The van der Waals surface area contributed by atoms with Crippen molar-refractivity contribution in [3.63, 3.8) is 0 Å². The van der Waals surface area contributed by atoms with E-state index in [2.05, 4.69) is 15.9 Å². The first-order valence-corrected chi connectivity index (χ1v) is 9.70. The lowest BCUT2D eigenvalue weighted by Gasteiger charge is -2.10. The van der Waals surface area contributed by atoms with Crippen molar-refractivity contribution in [1.29, 1.82) is 0 Å². The Bertz CT molecular complexity index is 279. The Labute approximate surface area is 122 Å². The summed E-state index contributed by atoms with van der Waals surface area (Å²) in [6.07, 6.45) is 10.8. The number of nitrogens with zero attached hydrogens (tertiary/aromatic N) is 1. The van der Waals surface area contributed by atoms with Crippen LogP contribution in [0.25, 0.3) is 0 Å². The van der Waals surface area contributed by atoms with E-state index in [0.717, 1.165) is 18.2 Å². The van der Waals surface area contributed by atoms with E-state index < -0.39 is 10.0 Å². The highest BCUT2D eigenvalue weighted by Crippen LogP contribution is 2.11. The highest BCUT2D eigenvalue weighted by Gasteiger charge is 2.11. The fourth-order valence-corrected chi connectivity index (χ4v) is 3.13. The third-order valence-corrected chi connectivity index (χ3v) is 5.57. The van der Waals surface area contributed by atoms with Crippen molar-refractivity contribution in [3.05, 3.63) is 0 Å². The Morgan fingerprint density at radius 2 is 1.17 bits per heavy atom. The average Bonchev–Trinajstić information content (AvgIpc) is 2.31. The van der Waals surface area contributed by atoms with Gasteiger partial charge in [0.1, 0.15) is 0 Å². The van der Waals surface area contributed by atoms with Crippen molar-refractivity contribution in [2.45, 2.75) is 57.8 Å². The summed E-state index contributed by atoms with van der Waals surface area (Å²) >= 11 is 3.43. The minimum absolute atomic E-state index is 0.297. The molecule has 0 aromatic heterocycles. The Morgan fingerprint density at radius 1 is 0.778 bits per heavy atom. The van der Waals surface area contributed by atoms with Crippen LogP contribution in [0.4, 0.5) is 0 Å². The quantitative estimate of drug-likeness (QED) is 0.400. The molecule has 5 heteroatoms. The van der Waals surface area contributed by atoms with E-state index in [9.17, 15) is 8.42 Å². The fraction of sp³-hybridized carbons (Fsp3) is 1.00. The minimum atomic E-state index is -2.98. The molecule has 0 rings (SSSR count). The Balaban J connectivity index is 3.27. The van der Waals surface area contributed by atoms with Crippen LogP contribution in [-0.4, -0.2) is 37.9 Å². The van der Waals surface area contributed by atoms with E-state index in [4.69, 9.17) is 0 Å². The molecule has 0 atom stereocenters. The van der Waals surface area contributed by atoms with Crippen LogP contribution in [0.5, 0.6) is 0 Å². The molecule has 0 amide bonds. The smallest absolute Gasteiger partial charge is 0.212 e. The van der Waals surface area contributed by atoms with Gasteiger partial charge in [0, 0.05) is 19.4 Å². The summed E-state index contributed by atoms with van der Waals surface area (Å²) in [5.74, 6) is 0.297. The van der Waals surface area contributed by atoms with Crippen molar-refractivity contribution in [3.8, 4) is 0 Å². The summed E-state index contributed by atoms with van der Waals surface area (Å²) in [5.41, 5.74) is 0. The molecule has 0 N–H and O–H groups in total. The second kappa shape index (κ2) is 11.2. The number of hydrogen-bond acceptors (Lipinski definition) is 2. The normalized spacial score (nSPS) is 12.2. The largest absolute Gasteiger partial charge is 0.213 e. The lowest BCUT2D eigenvalue weighted by atomic mass is 10.1. The molecule has 0 saturated carbocycles. The van der Waals surface area contributed by atoms with Crippen LogP contribution in [-0.2, 0) is 10.0 Å². The monoisotopic (exact) mass is 341 g/mol. The van der Waals surface area contributed by atoms with Crippen LogP contribution in [0.15, 0.2) is 0 Å². The molecule has 0 fully saturated rings. The molecule has 0 aliphatic carbocycles. The molecular weight excluding hydrogens is 314 g/mol. The Kier molecular flexibility index (Phi) is 11.5. The molecule has 0 bridgehead atoms. The fourth-order valence-electron chi connectivity index (χ4n) is 1.80. The SMILES string of the molecule is CN(C)S(=O)(=O)CCCCCCCCCCCBr. The molecule has 0 heterocycles. The standard InChI is InChI=1S/C13H28BrNO2S/c1-15(2)18(16,17)13-11-9-7-5-3-4-6-8-10-12-14/h3-13H2,1-2H3. The zero-order chi connectivity index (χ0) is 13.9. The predicted octanol–water partition coefficient (Wildman–Crippen LogP) is 3.78. The van der Waals surface area contributed by atoms with Crippen molar-refractivity contribution in [2.24, 2.45) is 0 Å². The van der Waals surface area contributed by atoms with Gasteiger partial charge in [0.2, 0.25) is 10.0 Å². The van der Waals surface area contributed by atoms with Crippen LogP contribution in [0, 0.1) is 0 Å². The maximum atomic E-state index is 11.5. The highest BCUT2D eigenvalue weighted by molar-refractivity contribution is 9.09. The molecule has 110 valence electrons. The Hall–Kier alpha value is 0.390. The van der Waals surface area contributed by atoms with Crippen molar-refractivity contribution in [1.82, 2.24) is 4.31 Å². The van der Waals surface area contributed by atoms with E-state index in [1.807, 2.05) is 0 Å². The topological polar surface area (TPSA) is 37.4 Å². The first-order chi connectivity index (χ1) is 8.50. The predicted molar refractivity (Wildman–Crippen MR) is 82.8 cm³/mol. The third-order valence-electron chi connectivity index (χ3n) is 3.09. The summed E-state index contributed by atoms with van der Waals surface area (Å²) in [6.45, 7) is 0. The maximum Gasteiger partial charge on any atom is 0.213 e. The number of rotatable bonds is 12. The first kappa shape index (κ1) is 18.4. The summed E-state index contributed by atoms with van der Waals surface area (Å²) in [5, 5.41) is 1.12. The van der Waals surface area contributed by atoms with Gasteiger partial charge in [0.15, 0.2) is 0 Å². The van der Waals surface area contributed by atoms with Gasteiger partial charge in [-0.1, -0.05) is 60.9 Å². The Morgan fingerprint density at radius 3 is 1.56 bits per heavy atom. The van der Waals surface area contributed by atoms with Crippen molar-refractivity contribution < 1.29 is 8.42 Å². The van der Waals surface area contributed by atoms with E-state index in [1.165, 1.54) is 49.3 Å². The van der Waals surface area contributed by atoms with E-state index in [1.54, 1.807) is 14.1 Å². The molecular formula is C13H28BrNO2S. The van der Waals surface area contributed by atoms with Gasteiger partial charge in [-0.3, -0.25) is 0 Å². The maximum absolute atomic E-state index is 11.5. The van der Waals surface area contributed by atoms with Gasteiger partial charge in [-0.05, 0) is 12.8 Å². The second-order valence-electron chi connectivity index (χ2n) is 4.97. The molecule has 0 aliphatic rings. The lowest BCUT2D eigenvalue weighted by Crippen LogP contribution is -2.24. The summed E-state index contributed by atoms with van der Waals surface area (Å²) in [6, 6.07) is 0. The number of halogens is 1. The number of unbranched alkanes of at least 4 members (excludes halogenated alkanes) is 8. The molecule has 18 heavy (non-hydrogen) atoms. The van der Waals surface area contributed by atoms with Gasteiger partial charge in [0.05, 0.1) is 5.75 Å². The highest BCUT2D eigenvalue weighted by atomic mass is 79.9. The molecule has 0 unspecified atom stereocenters. The van der Waals surface area contributed by atoms with E-state index >= 15 is 0 Å². The van der Waals surface area contributed by atoms with Gasteiger partial charge in [-0.2, -0.15) is 0 Å². The number of alkyl halides is 1. The average molecular weight is 342 g/mol. The molecule has 3 nitrogen and oxygen atoms in total. The molecule has 0 radical (unpaired) electrons. The molecule has 0 spiro atoms. The van der Waals surface area contributed by atoms with Crippen LogP contribution >= 0.6 is 15.9 Å². The first-order valence-electron chi connectivity index (χ1n) is 6.97. The molecule has 0 aromatic carbocycles. The molecule has 0 saturated heterocycles. The number of hydrogen-bond donors (Lipinski definition) is 0. The minimum Gasteiger partial charge on any atom is -0.212 e. The third kappa shape index (κ3) is 10.3. The van der Waals surface area contributed by atoms with Crippen LogP contribution in [0.2, 0.25) is 0 Å². The molecule has 0 aromatic rings. The van der Waals surface area contributed by atoms with Gasteiger partial charge in [0.25, 0.3) is 0 Å². The van der Waals surface area contributed by atoms with Crippen molar-refractivity contribution in [2.75, 3.05) is 25.2 Å². The van der Waals surface area contributed by atoms with Gasteiger partial charge < -0.3 is 0 Å². The van der Waals surface area contributed by atoms with Crippen molar-refractivity contribution >= 4 is 26.0 Å². The molecule has 0 aliphatic heterocycles. The van der Waals surface area contributed by atoms with E-state index in [0.29, 0.717) is 5.75 Å². The van der Waals surface area contributed by atoms with Crippen LogP contribution in [0.1, 0.15) is 57.8 Å². The zero-order valence-corrected chi connectivity index (χ0v) is 14.2.